The van der Waals surface area contributed by atoms with Crippen LogP contribution in [0.5, 0.6) is 0 Å². The summed E-state index contributed by atoms with van der Waals surface area (Å²) in [5.41, 5.74) is 0. The van der Waals surface area contributed by atoms with Crippen molar-refractivity contribution in [1.29, 1.82) is 0 Å². The molecular formula is C74H119NO18. The van der Waals surface area contributed by atoms with E-state index in [9.17, 15) is 61.0 Å². The Labute approximate surface area is 555 Å². The highest BCUT2D eigenvalue weighted by Crippen LogP contribution is 2.33. The maximum absolute atomic E-state index is 13.4. The van der Waals surface area contributed by atoms with Crippen LogP contribution in [0.4, 0.5) is 0 Å². The molecule has 19 nitrogen and oxygen atoms in total. The minimum atomic E-state index is -1.99. The van der Waals surface area contributed by atoms with Crippen LogP contribution in [-0.4, -0.2) is 193 Å². The fraction of sp³-hybridized carbons (Fsp3) is 0.662. The summed E-state index contributed by atoms with van der Waals surface area (Å²) in [7, 11) is 0. The van der Waals surface area contributed by atoms with Gasteiger partial charge in [0.25, 0.3) is 0 Å². The lowest BCUT2D eigenvalue weighted by Crippen LogP contribution is -2.66. The quantitative estimate of drug-likeness (QED) is 0.0199. The predicted molar refractivity (Wildman–Crippen MR) is 364 cm³/mol. The number of aliphatic hydroxyl groups excluding tert-OH is 11. The Morgan fingerprint density at radius 2 is 0.753 bits per heavy atom. The molecule has 3 aliphatic rings. The molecule has 0 aromatic heterocycles. The standard InChI is InChI=1S/C74H119NO18/c1-3-5-7-9-11-13-15-16-17-18-19-20-21-22-23-24-25-26-27-28-29-30-31-32-33-34-35-36-37-38-39-40-42-44-46-48-50-52-62(80)75-57(58(79)51-49-47-45-43-41-14-12-10-8-6-4-2)56-88-72-68(86)65(83)70(60(54-77)90-72)93-74-69(87)66(84)71(61(55-78)91-74)92-73-67(85)64(82)63(81)59(53-76)89-73/h5,7,11,13,16-17,19-20,22-23,25-26,28-29,31-32,34-35,37-38,41,43,49,51,57-61,63-74,76-79,81-87H,3-4,6,8-10,12,14-15,18,21,24,27,30,33,36,39-40,42,44-48,50,52-56H2,1-2H3,(H,75,80)/b7-5-,13-11-,17-16-,20-19-,23-22-,26-25-,29-28-,32-31-,35-34-,38-37-,43-41+,51-49+. The molecule has 0 radical (unpaired) electrons. The van der Waals surface area contributed by atoms with Crippen LogP contribution in [0.15, 0.2) is 146 Å². The molecule has 12 N–H and O–H groups in total. The van der Waals surface area contributed by atoms with Crippen molar-refractivity contribution in [1.82, 2.24) is 5.32 Å². The average molecular weight is 1310 g/mol. The Morgan fingerprint density at radius 1 is 0.398 bits per heavy atom. The van der Waals surface area contributed by atoms with Gasteiger partial charge in [-0.3, -0.25) is 4.79 Å². The third-order valence-corrected chi connectivity index (χ3v) is 16.1. The molecule has 3 saturated heterocycles. The lowest BCUT2D eigenvalue weighted by Gasteiger charge is -2.48. The summed E-state index contributed by atoms with van der Waals surface area (Å²) in [6.07, 6.45) is 49.9. The first kappa shape index (κ1) is 82.9. The van der Waals surface area contributed by atoms with Crippen molar-refractivity contribution in [3.8, 4) is 0 Å². The number of allylic oxidation sites excluding steroid dienone is 23. The van der Waals surface area contributed by atoms with E-state index in [1.54, 1.807) is 6.08 Å². The van der Waals surface area contributed by atoms with E-state index in [-0.39, 0.29) is 18.9 Å². The van der Waals surface area contributed by atoms with Crippen molar-refractivity contribution in [2.24, 2.45) is 0 Å². The van der Waals surface area contributed by atoms with E-state index in [1.807, 2.05) is 6.08 Å². The van der Waals surface area contributed by atoms with E-state index < -0.39 is 124 Å². The lowest BCUT2D eigenvalue weighted by molar-refractivity contribution is -0.379. The van der Waals surface area contributed by atoms with Crippen LogP contribution in [-0.2, 0) is 33.2 Å². The van der Waals surface area contributed by atoms with Gasteiger partial charge in [-0.25, -0.2) is 0 Å². The Balaban J connectivity index is 1.36. The van der Waals surface area contributed by atoms with E-state index >= 15 is 0 Å². The van der Waals surface area contributed by atoms with Crippen molar-refractivity contribution in [3.63, 3.8) is 0 Å². The normalized spacial score (nSPS) is 28.5. The van der Waals surface area contributed by atoms with Gasteiger partial charge in [-0.1, -0.05) is 211 Å². The van der Waals surface area contributed by atoms with Crippen LogP contribution in [0.2, 0.25) is 0 Å². The van der Waals surface area contributed by atoms with Gasteiger partial charge in [-0.05, 0) is 109 Å². The van der Waals surface area contributed by atoms with Crippen molar-refractivity contribution < 1.29 is 89.4 Å². The third kappa shape index (κ3) is 35.5. The van der Waals surface area contributed by atoms with E-state index in [4.69, 9.17) is 28.4 Å². The Hall–Kier alpha value is -4.33. The van der Waals surface area contributed by atoms with Crippen LogP contribution >= 0.6 is 0 Å². The highest BCUT2D eigenvalue weighted by molar-refractivity contribution is 5.76. The van der Waals surface area contributed by atoms with Crippen molar-refractivity contribution in [2.75, 3.05) is 26.4 Å². The maximum atomic E-state index is 13.4. The number of carbonyl (C=O) groups is 1. The number of carbonyl (C=O) groups excluding carboxylic acids is 1. The van der Waals surface area contributed by atoms with E-state index in [0.29, 0.717) is 12.8 Å². The van der Waals surface area contributed by atoms with Gasteiger partial charge in [0, 0.05) is 6.42 Å². The van der Waals surface area contributed by atoms with Gasteiger partial charge in [0.15, 0.2) is 18.9 Å². The topological polar surface area (TPSA) is 307 Å². The first-order chi connectivity index (χ1) is 45.3. The molecule has 93 heavy (non-hydrogen) atoms. The van der Waals surface area contributed by atoms with Gasteiger partial charge in [0.2, 0.25) is 5.91 Å². The number of hydrogen-bond acceptors (Lipinski definition) is 18. The third-order valence-electron chi connectivity index (χ3n) is 16.1. The van der Waals surface area contributed by atoms with Crippen LogP contribution < -0.4 is 5.32 Å². The zero-order valence-corrected chi connectivity index (χ0v) is 55.7. The van der Waals surface area contributed by atoms with Crippen molar-refractivity contribution >= 4 is 5.91 Å². The fourth-order valence-corrected chi connectivity index (χ4v) is 10.5. The zero-order valence-electron chi connectivity index (χ0n) is 55.7. The zero-order chi connectivity index (χ0) is 67.5. The Morgan fingerprint density at radius 3 is 1.20 bits per heavy atom. The number of ether oxygens (including phenoxy) is 6. The number of unbranched alkanes of at least 4 members (excludes halogenated alkanes) is 12. The molecule has 0 saturated carbocycles. The van der Waals surface area contributed by atoms with Gasteiger partial charge in [-0.2, -0.15) is 0 Å². The summed E-state index contributed by atoms with van der Waals surface area (Å²) in [5, 5.41) is 120. The monoisotopic (exact) mass is 1310 g/mol. The van der Waals surface area contributed by atoms with Crippen LogP contribution in [0.1, 0.15) is 181 Å². The summed E-state index contributed by atoms with van der Waals surface area (Å²) in [6, 6.07) is -1.01. The highest BCUT2D eigenvalue weighted by Gasteiger charge is 2.53. The van der Waals surface area contributed by atoms with Crippen molar-refractivity contribution in [3.05, 3.63) is 146 Å². The summed E-state index contributed by atoms with van der Waals surface area (Å²) in [6.45, 7) is 1.51. The summed E-state index contributed by atoms with van der Waals surface area (Å²) >= 11 is 0. The largest absolute Gasteiger partial charge is 0.394 e. The molecule has 3 aliphatic heterocycles. The second-order valence-electron chi connectivity index (χ2n) is 23.9. The molecule has 17 atom stereocenters. The van der Waals surface area contributed by atoms with E-state index in [0.717, 1.165) is 122 Å². The molecule has 0 spiro atoms. The van der Waals surface area contributed by atoms with Gasteiger partial charge < -0.3 is 89.9 Å². The number of amides is 1. The average Bonchev–Trinajstić information content (AvgIpc) is 0.805. The Bertz CT molecular complexity index is 2250. The predicted octanol–water partition coefficient (Wildman–Crippen LogP) is 9.15. The minimum Gasteiger partial charge on any atom is -0.394 e. The van der Waals surface area contributed by atoms with E-state index in [2.05, 4.69) is 153 Å². The maximum Gasteiger partial charge on any atom is 0.220 e. The number of hydrogen-bond donors (Lipinski definition) is 12. The molecule has 3 rings (SSSR count). The minimum absolute atomic E-state index is 0.208. The smallest absolute Gasteiger partial charge is 0.220 e. The number of nitrogens with one attached hydrogen (secondary N) is 1. The van der Waals surface area contributed by atoms with Gasteiger partial charge in [0.1, 0.15) is 73.2 Å². The first-order valence-electron chi connectivity index (χ1n) is 34.6. The van der Waals surface area contributed by atoms with Crippen LogP contribution in [0.25, 0.3) is 0 Å². The summed E-state index contributed by atoms with van der Waals surface area (Å²) in [5.74, 6) is -0.309. The fourth-order valence-electron chi connectivity index (χ4n) is 10.5. The van der Waals surface area contributed by atoms with Gasteiger partial charge in [-0.15, -0.1) is 0 Å². The molecule has 528 valence electrons. The summed E-state index contributed by atoms with van der Waals surface area (Å²) < 4.78 is 34.2. The molecular weight excluding hydrogens is 1190 g/mol. The van der Waals surface area contributed by atoms with Crippen molar-refractivity contribution in [2.45, 2.75) is 285 Å². The molecule has 19 heteroatoms. The molecule has 0 aliphatic carbocycles. The van der Waals surface area contributed by atoms with Gasteiger partial charge in [0.05, 0.1) is 38.6 Å². The summed E-state index contributed by atoms with van der Waals surface area (Å²) in [4.78, 5) is 13.4. The molecule has 0 aromatic rings. The van der Waals surface area contributed by atoms with Crippen LogP contribution in [0.3, 0.4) is 0 Å². The Kier molecular flexibility index (Phi) is 47.9. The molecule has 3 fully saturated rings. The molecule has 0 aromatic carbocycles. The number of rotatable bonds is 50. The SMILES string of the molecule is CC/C=C\C/C=C\C/C=C\C/C=C\C/C=C\C/C=C\C/C=C\C/C=C\C/C=C\C/C=C\CCCCCCCCC(=O)NC(COC1OC(CO)C(OC2OC(CO)C(OC3OC(CO)C(O)C(O)C3O)C(O)C2O)C(O)C1O)C(O)/C=C/CC/C=C/CCCCCCC. The lowest BCUT2D eigenvalue weighted by atomic mass is 9.96. The number of aliphatic hydroxyl groups is 11. The second kappa shape index (κ2) is 53.8. The molecule has 17 unspecified atom stereocenters. The molecule has 3 heterocycles. The van der Waals surface area contributed by atoms with Gasteiger partial charge >= 0.3 is 0 Å². The van der Waals surface area contributed by atoms with E-state index in [1.165, 1.54) is 25.7 Å². The first-order valence-corrected chi connectivity index (χ1v) is 34.6. The molecule has 0 bridgehead atoms. The molecule has 1 amide bonds. The van der Waals surface area contributed by atoms with Crippen LogP contribution in [0, 0.1) is 0 Å². The second-order valence-corrected chi connectivity index (χ2v) is 23.9. The highest BCUT2D eigenvalue weighted by atomic mass is 16.8.